The Morgan fingerprint density at radius 2 is 2.62 bits per heavy atom. The van der Waals surface area contributed by atoms with Gasteiger partial charge in [-0.3, -0.25) is 4.79 Å². The molecule has 4 heteroatoms. The summed E-state index contributed by atoms with van der Waals surface area (Å²) in [4.78, 5) is 10.9. The van der Waals surface area contributed by atoms with E-state index in [1.54, 1.807) is 0 Å². The van der Waals surface area contributed by atoms with Crippen LogP contribution in [0.1, 0.15) is 17.9 Å². The molecule has 0 saturated carbocycles. The third-order valence-corrected chi connectivity index (χ3v) is 2.23. The maximum absolute atomic E-state index is 10.9. The summed E-state index contributed by atoms with van der Waals surface area (Å²) in [6.45, 7) is 2.66. The van der Waals surface area contributed by atoms with Crippen LogP contribution in [0, 0.1) is 12.8 Å². The van der Waals surface area contributed by atoms with Gasteiger partial charge in [-0.1, -0.05) is 5.16 Å². The molecular formula is C9H12N2O2. The molecule has 0 radical (unpaired) electrons. The first-order chi connectivity index (χ1) is 6.24. The number of amides is 1. The monoisotopic (exact) mass is 180 g/mol. The molecule has 0 aromatic carbocycles. The highest BCUT2D eigenvalue weighted by atomic mass is 16.5. The molecule has 1 atom stereocenters. The van der Waals surface area contributed by atoms with E-state index in [4.69, 9.17) is 4.52 Å². The maximum atomic E-state index is 10.9. The topological polar surface area (TPSA) is 55.1 Å². The van der Waals surface area contributed by atoms with Gasteiger partial charge >= 0.3 is 0 Å². The summed E-state index contributed by atoms with van der Waals surface area (Å²) in [5.41, 5.74) is 0.896. The van der Waals surface area contributed by atoms with Crippen LogP contribution < -0.4 is 5.32 Å². The minimum atomic E-state index is 0.140. The van der Waals surface area contributed by atoms with Gasteiger partial charge in [-0.2, -0.15) is 0 Å². The van der Waals surface area contributed by atoms with Crippen molar-refractivity contribution in [2.45, 2.75) is 19.8 Å². The molecule has 1 amide bonds. The molecule has 1 aliphatic rings. The highest BCUT2D eigenvalue weighted by Crippen LogP contribution is 2.16. The Bertz CT molecular complexity index is 319. The fourth-order valence-electron chi connectivity index (χ4n) is 1.61. The van der Waals surface area contributed by atoms with E-state index in [9.17, 15) is 4.79 Å². The molecule has 0 aliphatic carbocycles. The molecule has 2 heterocycles. The van der Waals surface area contributed by atoms with E-state index in [1.165, 1.54) is 0 Å². The van der Waals surface area contributed by atoms with Crippen LogP contribution in [0.4, 0.5) is 0 Å². The Morgan fingerprint density at radius 1 is 1.77 bits per heavy atom. The lowest BCUT2D eigenvalue weighted by molar-refractivity contribution is -0.119. The first kappa shape index (κ1) is 8.29. The number of rotatable bonds is 2. The molecule has 0 bridgehead atoms. The molecule has 1 saturated heterocycles. The third-order valence-electron chi connectivity index (χ3n) is 2.23. The highest BCUT2D eigenvalue weighted by Gasteiger charge is 2.22. The zero-order valence-electron chi connectivity index (χ0n) is 7.54. The van der Waals surface area contributed by atoms with Crippen LogP contribution in [0.2, 0.25) is 0 Å². The fourth-order valence-corrected chi connectivity index (χ4v) is 1.61. The van der Waals surface area contributed by atoms with E-state index in [2.05, 4.69) is 10.5 Å². The Kier molecular flexibility index (Phi) is 2.04. The number of aryl methyl sites for hydroxylation is 1. The number of nitrogens with one attached hydrogen (secondary N) is 1. The van der Waals surface area contributed by atoms with E-state index in [0.717, 1.165) is 24.4 Å². The number of carbonyl (C=O) groups excluding carboxylic acids is 1. The lowest BCUT2D eigenvalue weighted by Crippen LogP contribution is -2.14. The van der Waals surface area contributed by atoms with Gasteiger partial charge in [0.05, 0.1) is 5.69 Å². The van der Waals surface area contributed by atoms with Crippen molar-refractivity contribution in [3.8, 4) is 0 Å². The average Bonchev–Trinajstić information content (AvgIpc) is 2.62. The van der Waals surface area contributed by atoms with Gasteiger partial charge in [0, 0.05) is 25.5 Å². The normalized spacial score (nSPS) is 21.9. The maximum Gasteiger partial charge on any atom is 0.220 e. The van der Waals surface area contributed by atoms with Crippen LogP contribution in [0.25, 0.3) is 0 Å². The number of hydrogen-bond acceptors (Lipinski definition) is 3. The molecule has 0 spiro atoms. The number of nitrogens with zero attached hydrogens (tertiary/aromatic N) is 1. The minimum absolute atomic E-state index is 0.140. The van der Waals surface area contributed by atoms with Crippen LogP contribution in [0.3, 0.4) is 0 Å². The molecular weight excluding hydrogens is 168 g/mol. The summed E-state index contributed by atoms with van der Waals surface area (Å²) < 4.78 is 5.07. The number of hydrogen-bond donors (Lipinski definition) is 1. The van der Waals surface area contributed by atoms with Crippen molar-refractivity contribution >= 4 is 5.91 Å². The van der Waals surface area contributed by atoms with Gasteiger partial charge in [-0.05, 0) is 12.8 Å². The van der Waals surface area contributed by atoms with Crippen molar-refractivity contribution in [2.75, 3.05) is 6.54 Å². The smallest absolute Gasteiger partial charge is 0.220 e. The van der Waals surface area contributed by atoms with Gasteiger partial charge in [-0.25, -0.2) is 0 Å². The van der Waals surface area contributed by atoms with Crippen LogP contribution in [0.5, 0.6) is 0 Å². The number of aromatic nitrogens is 1. The molecule has 1 fully saturated rings. The average molecular weight is 180 g/mol. The van der Waals surface area contributed by atoms with E-state index < -0.39 is 0 Å². The third kappa shape index (κ3) is 1.88. The van der Waals surface area contributed by atoms with Crippen LogP contribution >= 0.6 is 0 Å². The van der Waals surface area contributed by atoms with E-state index in [0.29, 0.717) is 12.3 Å². The van der Waals surface area contributed by atoms with E-state index >= 15 is 0 Å². The van der Waals surface area contributed by atoms with Crippen molar-refractivity contribution in [1.82, 2.24) is 10.5 Å². The predicted octanol–water partition coefficient (Wildman–Crippen LogP) is 0.662. The molecule has 70 valence electrons. The summed E-state index contributed by atoms with van der Waals surface area (Å²) in [6, 6.07) is 1.92. The molecule has 2 rings (SSSR count). The molecule has 1 aliphatic heterocycles. The molecule has 1 aromatic rings. The predicted molar refractivity (Wildman–Crippen MR) is 46.1 cm³/mol. The van der Waals surface area contributed by atoms with Crippen molar-refractivity contribution in [3.05, 3.63) is 17.5 Å². The Hall–Kier alpha value is -1.32. The number of carbonyl (C=O) groups is 1. The van der Waals surface area contributed by atoms with Crippen molar-refractivity contribution < 1.29 is 9.32 Å². The standard InChI is InChI=1S/C9H12N2O2/c1-6-2-8(13-11-6)3-7-4-9(12)10-5-7/h2,7H,3-5H2,1H3,(H,10,12). The summed E-state index contributed by atoms with van der Waals surface area (Å²) in [6.07, 6.45) is 1.42. The van der Waals surface area contributed by atoms with Gasteiger partial charge < -0.3 is 9.84 Å². The molecule has 4 nitrogen and oxygen atoms in total. The van der Waals surface area contributed by atoms with Gasteiger partial charge in [0.1, 0.15) is 5.76 Å². The summed E-state index contributed by atoms with van der Waals surface area (Å²) in [5.74, 6) is 1.39. The largest absolute Gasteiger partial charge is 0.361 e. The second-order valence-corrected chi connectivity index (χ2v) is 3.51. The molecule has 13 heavy (non-hydrogen) atoms. The second-order valence-electron chi connectivity index (χ2n) is 3.51. The summed E-state index contributed by atoms with van der Waals surface area (Å²) in [5, 5.41) is 6.59. The van der Waals surface area contributed by atoms with E-state index in [-0.39, 0.29) is 5.91 Å². The summed E-state index contributed by atoms with van der Waals surface area (Å²) in [7, 11) is 0. The Labute approximate surface area is 76.3 Å². The van der Waals surface area contributed by atoms with Gasteiger partial charge in [0.15, 0.2) is 0 Å². The fraction of sp³-hybridized carbons (Fsp3) is 0.556. The van der Waals surface area contributed by atoms with Crippen molar-refractivity contribution in [2.24, 2.45) is 5.92 Å². The molecule has 1 aromatic heterocycles. The quantitative estimate of drug-likeness (QED) is 0.727. The SMILES string of the molecule is Cc1cc(CC2CNC(=O)C2)on1. The van der Waals surface area contributed by atoms with Gasteiger partial charge in [0.25, 0.3) is 0 Å². The second kappa shape index (κ2) is 3.20. The zero-order valence-corrected chi connectivity index (χ0v) is 7.54. The lowest BCUT2D eigenvalue weighted by atomic mass is 10.0. The Balaban J connectivity index is 1.95. The minimum Gasteiger partial charge on any atom is -0.361 e. The van der Waals surface area contributed by atoms with Crippen LogP contribution in [-0.2, 0) is 11.2 Å². The van der Waals surface area contributed by atoms with Crippen LogP contribution in [0.15, 0.2) is 10.6 Å². The van der Waals surface area contributed by atoms with Crippen LogP contribution in [-0.4, -0.2) is 17.6 Å². The lowest BCUT2D eigenvalue weighted by Gasteiger charge is -2.01. The summed E-state index contributed by atoms with van der Waals surface area (Å²) >= 11 is 0. The van der Waals surface area contributed by atoms with Crippen molar-refractivity contribution in [1.29, 1.82) is 0 Å². The van der Waals surface area contributed by atoms with Gasteiger partial charge in [0.2, 0.25) is 5.91 Å². The van der Waals surface area contributed by atoms with E-state index in [1.807, 2.05) is 13.0 Å². The molecule has 1 unspecified atom stereocenters. The van der Waals surface area contributed by atoms with Gasteiger partial charge in [-0.15, -0.1) is 0 Å². The zero-order chi connectivity index (χ0) is 9.26. The Morgan fingerprint density at radius 3 is 3.15 bits per heavy atom. The highest BCUT2D eigenvalue weighted by molar-refractivity contribution is 5.78. The first-order valence-electron chi connectivity index (χ1n) is 4.43. The van der Waals surface area contributed by atoms with Crippen molar-refractivity contribution in [3.63, 3.8) is 0 Å². The molecule has 1 N–H and O–H groups in total. The first-order valence-corrected chi connectivity index (χ1v) is 4.43.